The highest BCUT2D eigenvalue weighted by atomic mass is 32.2. The summed E-state index contributed by atoms with van der Waals surface area (Å²) in [4.78, 5) is 0. The summed E-state index contributed by atoms with van der Waals surface area (Å²) >= 11 is 0. The fourth-order valence-electron chi connectivity index (χ4n) is 2.46. The van der Waals surface area contributed by atoms with Gasteiger partial charge < -0.3 is 5.32 Å². The zero-order valence-electron chi connectivity index (χ0n) is 13.8. The average molecular weight is 305 g/mol. The van der Waals surface area contributed by atoms with Crippen LogP contribution in [0.25, 0.3) is 0 Å². The minimum atomic E-state index is -3.13. The molecule has 20 heavy (non-hydrogen) atoms. The lowest BCUT2D eigenvalue weighted by molar-refractivity contribution is 0.278. The molecule has 2 N–H and O–H groups in total. The Morgan fingerprint density at radius 1 is 1.10 bits per heavy atom. The molecule has 5 heteroatoms. The second-order valence-corrected chi connectivity index (χ2v) is 9.26. The van der Waals surface area contributed by atoms with Crippen LogP contribution in [0.15, 0.2) is 0 Å². The van der Waals surface area contributed by atoms with Crippen molar-refractivity contribution in [2.24, 2.45) is 5.41 Å². The van der Waals surface area contributed by atoms with Crippen LogP contribution >= 0.6 is 0 Å². The molecule has 0 heterocycles. The molecule has 0 radical (unpaired) electrons. The van der Waals surface area contributed by atoms with Gasteiger partial charge in [-0.15, -0.1) is 0 Å². The van der Waals surface area contributed by atoms with Gasteiger partial charge in [0.15, 0.2) is 0 Å². The van der Waals surface area contributed by atoms with E-state index in [1.54, 1.807) is 0 Å². The molecule has 1 aliphatic carbocycles. The van der Waals surface area contributed by atoms with Crippen LogP contribution in [0.1, 0.15) is 66.7 Å². The molecule has 0 aliphatic heterocycles. The third kappa shape index (κ3) is 5.70. The van der Waals surface area contributed by atoms with Crippen molar-refractivity contribution in [1.29, 1.82) is 0 Å². The van der Waals surface area contributed by atoms with Gasteiger partial charge in [-0.25, -0.2) is 13.1 Å². The molecule has 1 rings (SSSR count). The Labute approximate surface area is 125 Å². The van der Waals surface area contributed by atoms with Crippen molar-refractivity contribution in [2.45, 2.75) is 78.3 Å². The zero-order chi connectivity index (χ0) is 15.4. The second-order valence-electron chi connectivity index (χ2n) is 7.42. The van der Waals surface area contributed by atoms with Gasteiger partial charge in [0.05, 0.1) is 5.75 Å². The molecule has 4 nitrogen and oxygen atoms in total. The molecule has 0 saturated heterocycles. The molecular formula is C15H32N2O2S. The van der Waals surface area contributed by atoms with Gasteiger partial charge in [0.25, 0.3) is 0 Å². The first kappa shape index (κ1) is 17.9. The number of hydrogen-bond donors (Lipinski definition) is 2. The van der Waals surface area contributed by atoms with Gasteiger partial charge in [0, 0.05) is 11.6 Å². The fraction of sp³-hybridized carbons (Fsp3) is 1.00. The predicted octanol–water partition coefficient (Wildman–Crippen LogP) is 2.65. The van der Waals surface area contributed by atoms with Crippen LogP contribution in [0.2, 0.25) is 0 Å². The van der Waals surface area contributed by atoms with E-state index in [4.69, 9.17) is 0 Å². The third-order valence-electron chi connectivity index (χ3n) is 4.18. The van der Waals surface area contributed by atoms with Gasteiger partial charge in [-0.05, 0) is 37.6 Å². The fourth-order valence-corrected chi connectivity index (χ4v) is 4.26. The quantitative estimate of drug-likeness (QED) is 0.644. The molecule has 0 aromatic heterocycles. The third-order valence-corrected chi connectivity index (χ3v) is 5.71. The first-order valence-electron chi connectivity index (χ1n) is 7.83. The highest BCUT2D eigenvalue weighted by Crippen LogP contribution is 2.50. The molecule has 0 unspecified atom stereocenters. The van der Waals surface area contributed by atoms with Crippen LogP contribution in [-0.2, 0) is 10.0 Å². The molecule has 120 valence electrons. The molecular weight excluding hydrogens is 272 g/mol. The molecule has 0 atom stereocenters. The van der Waals surface area contributed by atoms with E-state index in [2.05, 4.69) is 44.7 Å². The summed E-state index contributed by atoms with van der Waals surface area (Å²) in [5.74, 6) is 0.256. The summed E-state index contributed by atoms with van der Waals surface area (Å²) in [6, 6.07) is 0.502. The maximum atomic E-state index is 12.1. The van der Waals surface area contributed by atoms with E-state index in [-0.39, 0.29) is 16.7 Å². The number of rotatable bonds is 9. The van der Waals surface area contributed by atoms with Crippen molar-refractivity contribution < 1.29 is 8.42 Å². The Balaban J connectivity index is 2.26. The van der Waals surface area contributed by atoms with Crippen LogP contribution in [-0.4, -0.2) is 32.3 Å². The smallest absolute Gasteiger partial charge is 0.212 e. The topological polar surface area (TPSA) is 58.2 Å². The van der Waals surface area contributed by atoms with Crippen molar-refractivity contribution in [3.05, 3.63) is 0 Å². The Morgan fingerprint density at radius 3 is 2.15 bits per heavy atom. The minimum Gasteiger partial charge on any atom is -0.315 e. The van der Waals surface area contributed by atoms with E-state index in [0.29, 0.717) is 6.04 Å². The summed E-state index contributed by atoms with van der Waals surface area (Å²) in [5, 5.41) is 3.35. The van der Waals surface area contributed by atoms with Crippen LogP contribution in [0.4, 0.5) is 0 Å². The number of hydrogen-bond acceptors (Lipinski definition) is 3. The predicted molar refractivity (Wildman–Crippen MR) is 85.3 cm³/mol. The van der Waals surface area contributed by atoms with Crippen molar-refractivity contribution in [3.8, 4) is 0 Å². The van der Waals surface area contributed by atoms with E-state index in [1.165, 1.54) is 0 Å². The lowest BCUT2D eigenvalue weighted by atomic mass is 9.85. The summed E-state index contributed by atoms with van der Waals surface area (Å²) in [7, 11) is -3.13. The first-order chi connectivity index (χ1) is 9.08. The van der Waals surface area contributed by atoms with E-state index < -0.39 is 10.0 Å². The standard InChI is InChI=1S/C15H32N2O2S/c1-13(2)16-11-7-6-8-12-20(18,19)17-15(9-10-15)14(3,4)5/h13,16-17H,6-12H2,1-5H3. The Kier molecular flexibility index (Phi) is 6.05. The Hall–Kier alpha value is -0.130. The maximum absolute atomic E-state index is 12.1. The van der Waals surface area contributed by atoms with Crippen LogP contribution in [0.5, 0.6) is 0 Å². The van der Waals surface area contributed by atoms with Gasteiger partial charge in [-0.3, -0.25) is 0 Å². The highest BCUT2D eigenvalue weighted by Gasteiger charge is 2.53. The van der Waals surface area contributed by atoms with Crippen molar-refractivity contribution >= 4 is 10.0 Å². The van der Waals surface area contributed by atoms with Gasteiger partial charge in [0.2, 0.25) is 10.0 Å². The molecule has 0 aromatic rings. The monoisotopic (exact) mass is 304 g/mol. The molecule has 1 saturated carbocycles. The summed E-state index contributed by atoms with van der Waals surface area (Å²) in [5.41, 5.74) is -0.188. The number of unbranched alkanes of at least 4 members (excludes halogenated alkanes) is 2. The Morgan fingerprint density at radius 2 is 1.70 bits per heavy atom. The van der Waals surface area contributed by atoms with Gasteiger partial charge in [0.1, 0.15) is 0 Å². The van der Waals surface area contributed by atoms with Gasteiger partial charge in [-0.2, -0.15) is 0 Å². The van der Waals surface area contributed by atoms with E-state index >= 15 is 0 Å². The molecule has 0 bridgehead atoms. The number of sulfonamides is 1. The minimum absolute atomic E-state index is 0.00124. The van der Waals surface area contributed by atoms with E-state index in [9.17, 15) is 8.42 Å². The maximum Gasteiger partial charge on any atom is 0.212 e. The van der Waals surface area contributed by atoms with Gasteiger partial charge >= 0.3 is 0 Å². The zero-order valence-corrected chi connectivity index (χ0v) is 14.6. The van der Waals surface area contributed by atoms with E-state index in [1.807, 2.05) is 0 Å². The average Bonchev–Trinajstić information content (AvgIpc) is 3.02. The van der Waals surface area contributed by atoms with Crippen molar-refractivity contribution in [2.75, 3.05) is 12.3 Å². The lowest BCUT2D eigenvalue weighted by Gasteiger charge is -2.31. The van der Waals surface area contributed by atoms with Gasteiger partial charge in [-0.1, -0.05) is 41.0 Å². The lowest BCUT2D eigenvalue weighted by Crippen LogP contribution is -2.46. The van der Waals surface area contributed by atoms with Crippen LogP contribution < -0.4 is 10.0 Å². The molecule has 1 aliphatic rings. The Bertz CT molecular complexity index is 393. The molecule has 1 fully saturated rings. The molecule has 0 amide bonds. The SMILES string of the molecule is CC(C)NCCCCCS(=O)(=O)NC1(C(C)(C)C)CC1. The molecule has 0 spiro atoms. The summed E-state index contributed by atoms with van der Waals surface area (Å²) < 4.78 is 27.2. The normalized spacial score (nSPS) is 18.5. The highest BCUT2D eigenvalue weighted by molar-refractivity contribution is 7.89. The second kappa shape index (κ2) is 6.75. The summed E-state index contributed by atoms with van der Waals surface area (Å²) in [6.45, 7) is 11.5. The summed E-state index contributed by atoms with van der Waals surface area (Å²) in [6.07, 6.45) is 4.68. The van der Waals surface area contributed by atoms with Crippen LogP contribution in [0.3, 0.4) is 0 Å². The first-order valence-corrected chi connectivity index (χ1v) is 9.48. The van der Waals surface area contributed by atoms with E-state index in [0.717, 1.165) is 38.6 Å². The largest absolute Gasteiger partial charge is 0.315 e. The van der Waals surface area contributed by atoms with Crippen molar-refractivity contribution in [1.82, 2.24) is 10.0 Å². The number of nitrogens with one attached hydrogen (secondary N) is 2. The molecule has 0 aromatic carbocycles. The van der Waals surface area contributed by atoms with Crippen LogP contribution in [0, 0.1) is 5.41 Å². The van der Waals surface area contributed by atoms with Crippen molar-refractivity contribution in [3.63, 3.8) is 0 Å².